The van der Waals surface area contributed by atoms with Crippen molar-refractivity contribution in [1.29, 1.82) is 0 Å². The van der Waals surface area contributed by atoms with E-state index < -0.39 is 0 Å². The van der Waals surface area contributed by atoms with Gasteiger partial charge in [0.05, 0.1) is 16.9 Å². The van der Waals surface area contributed by atoms with Crippen molar-refractivity contribution in [3.05, 3.63) is 69.3 Å². The van der Waals surface area contributed by atoms with E-state index in [0.29, 0.717) is 17.7 Å². The predicted octanol–water partition coefficient (Wildman–Crippen LogP) is 3.50. The number of aromatic hydroxyl groups is 1. The molecule has 0 saturated carbocycles. The Balaban J connectivity index is 2.07. The van der Waals surface area contributed by atoms with Gasteiger partial charge in [-0.15, -0.1) is 6.58 Å². The molecule has 6 heteroatoms. The Morgan fingerprint density at radius 2 is 2.17 bits per heavy atom. The molecule has 24 heavy (non-hydrogen) atoms. The summed E-state index contributed by atoms with van der Waals surface area (Å²) in [5.41, 5.74) is 4.46. The lowest BCUT2D eigenvalue weighted by Gasteiger charge is -2.06. The predicted molar refractivity (Wildman–Crippen MR) is 103 cm³/mol. The van der Waals surface area contributed by atoms with Gasteiger partial charge < -0.3 is 9.84 Å². The van der Waals surface area contributed by atoms with Crippen LogP contribution in [0.25, 0.3) is 0 Å². The van der Waals surface area contributed by atoms with E-state index in [2.05, 4.69) is 39.7 Å². The molecule has 0 bridgehead atoms. The van der Waals surface area contributed by atoms with Crippen LogP contribution in [0, 0.1) is 3.57 Å². The highest BCUT2D eigenvalue weighted by atomic mass is 127. The number of carbonyl (C=O) groups excluding carboxylic acids is 1. The lowest BCUT2D eigenvalue weighted by Crippen LogP contribution is -2.17. The maximum Gasteiger partial charge on any atom is 0.271 e. The van der Waals surface area contributed by atoms with Gasteiger partial charge in [0, 0.05) is 5.56 Å². The van der Waals surface area contributed by atoms with Crippen molar-refractivity contribution in [3.63, 3.8) is 0 Å². The van der Waals surface area contributed by atoms with Gasteiger partial charge in [0.15, 0.2) is 0 Å². The van der Waals surface area contributed by atoms with Gasteiger partial charge in [-0.2, -0.15) is 5.10 Å². The SMILES string of the molecule is C=CCc1cc(/C=N\NC(=O)c2ccc(I)c(OC)c2)ccc1O. The second-order valence-electron chi connectivity index (χ2n) is 4.93. The van der Waals surface area contributed by atoms with E-state index in [4.69, 9.17) is 4.74 Å². The molecule has 0 heterocycles. The summed E-state index contributed by atoms with van der Waals surface area (Å²) in [6.07, 6.45) is 3.79. The maximum absolute atomic E-state index is 12.1. The molecule has 1 amide bonds. The number of phenols is 1. The summed E-state index contributed by atoms with van der Waals surface area (Å²) < 4.78 is 6.12. The van der Waals surface area contributed by atoms with E-state index in [0.717, 1.165) is 14.7 Å². The largest absolute Gasteiger partial charge is 0.508 e. The number of phenolic OH excluding ortho intramolecular Hbond substituents is 1. The van der Waals surface area contributed by atoms with Crippen molar-refractivity contribution in [2.24, 2.45) is 5.10 Å². The molecule has 0 aliphatic rings. The zero-order valence-electron chi connectivity index (χ0n) is 13.1. The number of amides is 1. The molecule has 2 rings (SSSR count). The van der Waals surface area contributed by atoms with Crippen molar-refractivity contribution in [2.75, 3.05) is 7.11 Å². The number of hydrogen-bond acceptors (Lipinski definition) is 4. The molecule has 0 saturated heterocycles. The molecule has 0 aliphatic heterocycles. The molecule has 0 radical (unpaired) electrons. The van der Waals surface area contributed by atoms with Crippen molar-refractivity contribution >= 4 is 34.7 Å². The second kappa shape index (κ2) is 8.49. The van der Waals surface area contributed by atoms with Gasteiger partial charge in [-0.05, 0) is 76.5 Å². The van der Waals surface area contributed by atoms with Crippen molar-refractivity contribution in [1.82, 2.24) is 5.43 Å². The molecule has 2 N–H and O–H groups in total. The first-order chi connectivity index (χ1) is 11.5. The van der Waals surface area contributed by atoms with Crippen LogP contribution in [0.15, 0.2) is 54.2 Å². The summed E-state index contributed by atoms with van der Waals surface area (Å²) in [4.78, 5) is 12.1. The molecule has 0 fully saturated rings. The molecule has 2 aromatic carbocycles. The van der Waals surface area contributed by atoms with Crippen LogP contribution in [0.4, 0.5) is 0 Å². The lowest BCUT2D eigenvalue weighted by molar-refractivity contribution is 0.0954. The molecular formula is C18H17IN2O3. The fourth-order valence-corrected chi connectivity index (χ4v) is 2.59. The van der Waals surface area contributed by atoms with Gasteiger partial charge in [0.1, 0.15) is 11.5 Å². The van der Waals surface area contributed by atoms with E-state index in [1.54, 1.807) is 49.6 Å². The van der Waals surface area contributed by atoms with Gasteiger partial charge in [0.2, 0.25) is 0 Å². The number of carbonyl (C=O) groups is 1. The minimum atomic E-state index is -0.328. The minimum Gasteiger partial charge on any atom is -0.508 e. The summed E-state index contributed by atoms with van der Waals surface area (Å²) in [6, 6.07) is 10.3. The first-order valence-electron chi connectivity index (χ1n) is 7.15. The molecule has 0 spiro atoms. The van der Waals surface area contributed by atoms with E-state index in [1.807, 2.05) is 0 Å². The maximum atomic E-state index is 12.1. The molecular weight excluding hydrogens is 419 g/mol. The standard InChI is InChI=1S/C18H17IN2O3/c1-3-4-13-9-12(5-8-16(13)22)11-20-21-18(23)14-6-7-15(19)17(10-14)24-2/h3,5-11,22H,1,4H2,2H3,(H,21,23)/b20-11-. The van der Waals surface area contributed by atoms with Crippen LogP contribution < -0.4 is 10.2 Å². The summed E-state index contributed by atoms with van der Waals surface area (Å²) in [6.45, 7) is 3.65. The summed E-state index contributed by atoms with van der Waals surface area (Å²) in [5, 5.41) is 13.7. The zero-order chi connectivity index (χ0) is 17.5. The smallest absolute Gasteiger partial charge is 0.271 e. The van der Waals surface area contributed by atoms with Crippen molar-refractivity contribution in [3.8, 4) is 11.5 Å². The number of methoxy groups -OCH3 is 1. The Morgan fingerprint density at radius 3 is 2.88 bits per heavy atom. The van der Waals surface area contributed by atoms with Crippen molar-refractivity contribution in [2.45, 2.75) is 6.42 Å². The average Bonchev–Trinajstić information content (AvgIpc) is 2.58. The normalized spacial score (nSPS) is 10.6. The van der Waals surface area contributed by atoms with Crippen LogP contribution in [0.5, 0.6) is 11.5 Å². The molecule has 0 atom stereocenters. The Hall–Kier alpha value is -2.35. The average molecular weight is 436 g/mol. The Morgan fingerprint density at radius 1 is 1.38 bits per heavy atom. The quantitative estimate of drug-likeness (QED) is 0.315. The van der Waals surface area contributed by atoms with Crippen LogP contribution in [-0.4, -0.2) is 24.3 Å². The van der Waals surface area contributed by atoms with Gasteiger partial charge in [-0.25, -0.2) is 5.43 Å². The fraction of sp³-hybridized carbons (Fsp3) is 0.111. The molecule has 124 valence electrons. The van der Waals surface area contributed by atoms with Crippen LogP contribution >= 0.6 is 22.6 Å². The first kappa shape index (κ1) is 18.0. The first-order valence-corrected chi connectivity index (χ1v) is 8.22. The third-order valence-corrected chi connectivity index (χ3v) is 4.15. The fourth-order valence-electron chi connectivity index (χ4n) is 2.04. The molecule has 5 nitrogen and oxygen atoms in total. The van der Waals surface area contributed by atoms with E-state index in [1.165, 1.54) is 6.21 Å². The Kier molecular flexibility index (Phi) is 6.36. The molecule has 0 aromatic heterocycles. The lowest BCUT2D eigenvalue weighted by atomic mass is 10.1. The van der Waals surface area contributed by atoms with Gasteiger partial charge in [-0.1, -0.05) is 6.08 Å². The Bertz CT molecular complexity index is 788. The van der Waals surface area contributed by atoms with E-state index >= 15 is 0 Å². The minimum absolute atomic E-state index is 0.210. The molecule has 0 unspecified atom stereocenters. The zero-order valence-corrected chi connectivity index (χ0v) is 15.3. The van der Waals surface area contributed by atoms with Crippen LogP contribution in [0.1, 0.15) is 21.5 Å². The number of hydrogen-bond donors (Lipinski definition) is 2. The van der Waals surface area contributed by atoms with Crippen LogP contribution in [-0.2, 0) is 6.42 Å². The highest BCUT2D eigenvalue weighted by Crippen LogP contribution is 2.22. The highest BCUT2D eigenvalue weighted by molar-refractivity contribution is 14.1. The van der Waals surface area contributed by atoms with Gasteiger partial charge >= 0.3 is 0 Å². The van der Waals surface area contributed by atoms with E-state index in [9.17, 15) is 9.90 Å². The number of halogens is 1. The number of nitrogens with one attached hydrogen (secondary N) is 1. The Labute approximate surface area is 154 Å². The monoisotopic (exact) mass is 436 g/mol. The summed E-state index contributed by atoms with van der Waals surface area (Å²) in [5.74, 6) is 0.521. The van der Waals surface area contributed by atoms with Gasteiger partial charge in [-0.3, -0.25) is 4.79 Å². The van der Waals surface area contributed by atoms with Gasteiger partial charge in [0.25, 0.3) is 5.91 Å². The topological polar surface area (TPSA) is 70.9 Å². The summed E-state index contributed by atoms with van der Waals surface area (Å²) in [7, 11) is 1.56. The number of rotatable bonds is 6. The number of ether oxygens (including phenoxy) is 1. The summed E-state index contributed by atoms with van der Waals surface area (Å²) >= 11 is 2.14. The van der Waals surface area contributed by atoms with Crippen molar-refractivity contribution < 1.29 is 14.6 Å². The number of allylic oxidation sites excluding steroid dienone is 1. The van der Waals surface area contributed by atoms with Crippen LogP contribution in [0.2, 0.25) is 0 Å². The second-order valence-corrected chi connectivity index (χ2v) is 6.09. The number of hydrazone groups is 1. The molecule has 0 aliphatic carbocycles. The third kappa shape index (κ3) is 4.58. The third-order valence-electron chi connectivity index (χ3n) is 3.26. The van der Waals surface area contributed by atoms with E-state index in [-0.39, 0.29) is 11.7 Å². The number of nitrogens with zero attached hydrogens (tertiary/aromatic N) is 1. The number of benzene rings is 2. The molecule has 2 aromatic rings. The van der Waals surface area contributed by atoms with Crippen LogP contribution in [0.3, 0.4) is 0 Å². The highest BCUT2D eigenvalue weighted by Gasteiger charge is 2.08.